The molecule has 0 amide bonds. The van der Waals surface area contributed by atoms with Crippen molar-refractivity contribution in [2.24, 2.45) is 0 Å². The van der Waals surface area contributed by atoms with E-state index in [0.29, 0.717) is 0 Å². The van der Waals surface area contributed by atoms with Crippen molar-refractivity contribution in [2.75, 3.05) is 12.5 Å². The summed E-state index contributed by atoms with van der Waals surface area (Å²) in [5.41, 5.74) is 0. The summed E-state index contributed by atoms with van der Waals surface area (Å²) in [6.07, 6.45) is -7.66. The Morgan fingerprint density at radius 3 is 1.25 bits per heavy atom. The number of esters is 1. The van der Waals surface area contributed by atoms with Crippen LogP contribution in [0.5, 0.6) is 0 Å². The van der Waals surface area contributed by atoms with Gasteiger partial charge in [0, 0.05) is 0 Å². The van der Waals surface area contributed by atoms with Gasteiger partial charge in [0.2, 0.25) is 0 Å². The van der Waals surface area contributed by atoms with E-state index in [1.165, 1.54) is 0 Å². The number of halogens is 16. The smallest absolute Gasteiger partial charge is 0.458 e. The predicted molar refractivity (Wildman–Crippen MR) is 57.4 cm³/mol. The van der Waals surface area contributed by atoms with Gasteiger partial charge in [-0.05, 0) is 0 Å². The van der Waals surface area contributed by atoms with Gasteiger partial charge in [0.25, 0.3) is 0 Å². The van der Waals surface area contributed by atoms with Gasteiger partial charge in [-0.3, -0.25) is 4.79 Å². The second kappa shape index (κ2) is 7.19. The van der Waals surface area contributed by atoms with Gasteiger partial charge in [0.05, 0.1) is 0 Å². The van der Waals surface area contributed by atoms with Crippen LogP contribution in [0.2, 0.25) is 0 Å². The summed E-state index contributed by atoms with van der Waals surface area (Å²) in [6, 6.07) is 0. The van der Waals surface area contributed by atoms with Gasteiger partial charge in [0.1, 0.15) is 5.88 Å². The van der Waals surface area contributed by atoms with Crippen LogP contribution in [0.25, 0.3) is 0 Å². The van der Waals surface area contributed by atoms with Crippen molar-refractivity contribution in [3.05, 3.63) is 0 Å². The summed E-state index contributed by atoms with van der Waals surface area (Å²) >= 11 is 4.65. The highest BCUT2D eigenvalue weighted by molar-refractivity contribution is 6.26. The molecule has 0 N–H and O–H groups in total. The van der Waals surface area contributed by atoms with E-state index in [0.717, 1.165) is 0 Å². The lowest BCUT2D eigenvalue weighted by Gasteiger charge is -2.41. The number of ether oxygens (including phenoxy) is 1. The van der Waals surface area contributed by atoms with Crippen LogP contribution in [0, 0.1) is 0 Å². The predicted octanol–water partition coefficient (Wildman–Crippen LogP) is 5.14. The molecule has 0 radical (unpaired) electrons. The lowest BCUT2D eigenvalue weighted by atomic mass is 9.91. The molecule has 2 nitrogen and oxygen atoms in total. The van der Waals surface area contributed by atoms with E-state index < -0.39 is 60.2 Å². The van der Waals surface area contributed by atoms with E-state index in [1.54, 1.807) is 0 Å². The number of hydrogen-bond donors (Lipinski definition) is 0. The molecule has 168 valence electrons. The van der Waals surface area contributed by atoms with Gasteiger partial charge in [-0.25, -0.2) is 0 Å². The largest absolute Gasteiger partial charge is 0.460 e. The molecule has 18 heteroatoms. The Kier molecular flexibility index (Phi) is 6.86. The van der Waals surface area contributed by atoms with Gasteiger partial charge in [0.15, 0.2) is 6.61 Å². The van der Waals surface area contributed by atoms with Crippen LogP contribution in [-0.4, -0.2) is 60.2 Å². The summed E-state index contributed by atoms with van der Waals surface area (Å²) in [5, 5.41) is 0. The second-order valence-corrected chi connectivity index (χ2v) is 5.14. The molecule has 0 rings (SSSR count). The average Bonchev–Trinajstić information content (AvgIpc) is 2.50. The molecule has 0 aliphatic carbocycles. The topological polar surface area (TPSA) is 26.3 Å². The Morgan fingerprint density at radius 1 is 0.607 bits per heavy atom. The van der Waals surface area contributed by atoms with Crippen molar-refractivity contribution in [1.82, 2.24) is 0 Å². The molecule has 0 saturated carbocycles. The van der Waals surface area contributed by atoms with Gasteiger partial charge < -0.3 is 4.74 Å². The van der Waals surface area contributed by atoms with Crippen molar-refractivity contribution in [1.29, 1.82) is 0 Å². The molecule has 0 aliphatic heterocycles. The van der Waals surface area contributed by atoms with E-state index in [-0.39, 0.29) is 0 Å². The first-order chi connectivity index (χ1) is 12.0. The van der Waals surface area contributed by atoms with Crippen LogP contribution in [0.4, 0.5) is 65.9 Å². The molecule has 0 bridgehead atoms. The van der Waals surface area contributed by atoms with E-state index >= 15 is 0 Å². The lowest BCUT2D eigenvalue weighted by Crippen LogP contribution is -2.73. The lowest BCUT2D eigenvalue weighted by molar-refractivity contribution is -0.453. The van der Waals surface area contributed by atoms with Crippen LogP contribution < -0.4 is 0 Å². The quantitative estimate of drug-likeness (QED) is 0.275. The summed E-state index contributed by atoms with van der Waals surface area (Å²) in [5.74, 6) is -50.6. The minimum absolute atomic E-state index is 1.36. The Labute approximate surface area is 148 Å². The number of rotatable bonds is 8. The highest BCUT2D eigenvalue weighted by Crippen LogP contribution is 2.62. The Hall–Kier alpha value is -1.29. The van der Waals surface area contributed by atoms with Gasteiger partial charge in [-0.15, -0.1) is 11.6 Å². The zero-order chi connectivity index (χ0) is 23.2. The van der Waals surface area contributed by atoms with Crippen molar-refractivity contribution in [2.45, 2.75) is 41.7 Å². The molecular formula is C10H4ClF15O2. The number of hydrogen-bond acceptors (Lipinski definition) is 2. The Bertz CT molecular complexity index is 582. The van der Waals surface area contributed by atoms with E-state index in [1.807, 2.05) is 0 Å². The molecule has 0 aliphatic rings. The van der Waals surface area contributed by atoms with Gasteiger partial charge >= 0.3 is 47.7 Å². The van der Waals surface area contributed by atoms with E-state index in [4.69, 9.17) is 0 Å². The molecule has 0 aromatic heterocycles. The maximum Gasteiger partial charge on any atom is 0.460 e. The zero-order valence-electron chi connectivity index (χ0n) is 12.3. The molecule has 0 aromatic carbocycles. The summed E-state index contributed by atoms with van der Waals surface area (Å²) in [6.45, 7) is -3.18. The fourth-order valence-corrected chi connectivity index (χ4v) is 1.38. The van der Waals surface area contributed by atoms with Crippen LogP contribution >= 0.6 is 11.6 Å². The van der Waals surface area contributed by atoms with Crippen LogP contribution in [0.3, 0.4) is 0 Å². The Morgan fingerprint density at radius 2 is 0.929 bits per heavy atom. The summed E-state index contributed by atoms with van der Waals surface area (Å²) in [7, 11) is 0. The first-order valence-corrected chi connectivity index (χ1v) is 6.54. The molecule has 0 unspecified atom stereocenters. The number of carbonyl (C=O) groups is 1. The SMILES string of the molecule is O=C(CCl)OCC(F)(F)C(F)(F)C(F)(F)C(F)(F)C(F)(F)C(F)(F)C(F)(F)F. The third-order valence-corrected chi connectivity index (χ3v) is 3.13. The Balaban J connectivity index is 6.28. The summed E-state index contributed by atoms with van der Waals surface area (Å²) in [4.78, 5) is 10.4. The highest BCUT2D eigenvalue weighted by atomic mass is 35.5. The third-order valence-electron chi connectivity index (χ3n) is 2.92. The first kappa shape index (κ1) is 26.7. The van der Waals surface area contributed by atoms with Crippen molar-refractivity contribution < 1.29 is 75.4 Å². The highest BCUT2D eigenvalue weighted by Gasteiger charge is 2.93. The minimum atomic E-state index is -8.37. The molecule has 0 atom stereocenters. The standard InChI is InChI=1S/C10H4ClF15O2/c11-1-3(27)28-2-4(12,13)5(14,15)6(16,17)7(18,19)8(20,21)9(22,23)10(24,25)26/h1-2H2. The van der Waals surface area contributed by atoms with Gasteiger partial charge in [-0.2, -0.15) is 65.9 Å². The molecule has 28 heavy (non-hydrogen) atoms. The molecule has 0 spiro atoms. The fourth-order valence-electron chi connectivity index (χ4n) is 1.30. The van der Waals surface area contributed by atoms with Crippen LogP contribution in [0.15, 0.2) is 0 Å². The maximum absolute atomic E-state index is 13.2. The van der Waals surface area contributed by atoms with Gasteiger partial charge in [-0.1, -0.05) is 0 Å². The molecule has 0 saturated heterocycles. The normalized spacial score (nSPS) is 15.6. The monoisotopic (exact) mass is 476 g/mol. The molecule has 0 heterocycles. The molecule has 0 aromatic rings. The van der Waals surface area contributed by atoms with E-state index in [9.17, 15) is 70.7 Å². The third kappa shape index (κ3) is 3.77. The molecular weight excluding hydrogens is 473 g/mol. The molecule has 0 fully saturated rings. The van der Waals surface area contributed by atoms with Crippen molar-refractivity contribution in [3.8, 4) is 0 Å². The number of alkyl halides is 16. The van der Waals surface area contributed by atoms with Crippen molar-refractivity contribution >= 4 is 17.6 Å². The zero-order valence-corrected chi connectivity index (χ0v) is 13.0. The van der Waals surface area contributed by atoms with Crippen molar-refractivity contribution in [3.63, 3.8) is 0 Å². The average molecular weight is 477 g/mol. The van der Waals surface area contributed by atoms with E-state index in [2.05, 4.69) is 16.3 Å². The van der Waals surface area contributed by atoms with Crippen LogP contribution in [-0.2, 0) is 9.53 Å². The number of carbonyl (C=O) groups excluding carboxylic acids is 1. The fraction of sp³-hybridized carbons (Fsp3) is 0.900. The first-order valence-electron chi connectivity index (χ1n) is 6.01. The minimum Gasteiger partial charge on any atom is -0.458 e. The maximum atomic E-state index is 13.2. The van der Waals surface area contributed by atoms with Crippen LogP contribution in [0.1, 0.15) is 0 Å². The summed E-state index contributed by atoms with van der Waals surface area (Å²) < 4.78 is 194. The second-order valence-electron chi connectivity index (χ2n) is 4.87.